The zero-order valence-corrected chi connectivity index (χ0v) is 22.0. The SMILES string of the molecule is Cc1[nH]c(/C=C2\C(=O)Nc3ccc(SCc4ccccc4C#N)cc32)c(C)c1C(=O)N1CCN(C)CC1. The Morgan fingerprint density at radius 2 is 1.89 bits per heavy atom. The van der Waals surface area contributed by atoms with Gasteiger partial charge in [-0.15, -0.1) is 11.8 Å². The molecule has 2 aromatic carbocycles. The fourth-order valence-electron chi connectivity index (χ4n) is 4.87. The molecule has 1 fully saturated rings. The number of amides is 2. The number of nitrogens with one attached hydrogen (secondary N) is 2. The van der Waals surface area contributed by atoms with Gasteiger partial charge in [-0.25, -0.2) is 0 Å². The van der Waals surface area contributed by atoms with E-state index in [0.717, 1.165) is 51.8 Å². The first-order chi connectivity index (χ1) is 17.9. The number of piperazine rings is 1. The quantitative estimate of drug-likeness (QED) is 0.384. The lowest BCUT2D eigenvalue weighted by atomic mass is 10.0. The fraction of sp³-hybridized carbons (Fsp3) is 0.276. The van der Waals surface area contributed by atoms with Crippen molar-refractivity contribution < 1.29 is 9.59 Å². The minimum Gasteiger partial charge on any atom is -0.358 e. The minimum atomic E-state index is -0.162. The van der Waals surface area contributed by atoms with Crippen molar-refractivity contribution in [3.63, 3.8) is 0 Å². The average Bonchev–Trinajstić information content (AvgIpc) is 3.36. The lowest BCUT2D eigenvalue weighted by molar-refractivity contribution is -0.110. The largest absolute Gasteiger partial charge is 0.358 e. The van der Waals surface area contributed by atoms with E-state index < -0.39 is 0 Å². The number of benzene rings is 2. The number of aromatic amines is 1. The third-order valence-corrected chi connectivity index (χ3v) is 8.12. The van der Waals surface area contributed by atoms with E-state index in [1.54, 1.807) is 11.8 Å². The summed E-state index contributed by atoms with van der Waals surface area (Å²) < 4.78 is 0. The topological polar surface area (TPSA) is 92.2 Å². The van der Waals surface area contributed by atoms with E-state index in [1.165, 1.54) is 0 Å². The second kappa shape index (κ2) is 10.3. The molecule has 2 N–H and O–H groups in total. The van der Waals surface area contributed by atoms with Crippen molar-refractivity contribution in [1.29, 1.82) is 5.26 Å². The number of hydrogen-bond acceptors (Lipinski definition) is 5. The summed E-state index contributed by atoms with van der Waals surface area (Å²) in [6.45, 7) is 7.01. The molecule has 0 radical (unpaired) electrons. The standard InChI is InChI=1S/C29H29N5O2S/c1-18-26(31-19(2)27(18)29(36)34-12-10-33(3)11-13-34)15-24-23-14-22(8-9-25(23)32-28(24)35)37-17-21-7-5-4-6-20(21)16-30/h4-9,14-15,31H,10-13,17H2,1-3H3,(H,32,35)/b24-15-. The Morgan fingerprint density at radius 1 is 1.14 bits per heavy atom. The smallest absolute Gasteiger partial charge is 0.256 e. The number of carbonyl (C=O) groups excluding carboxylic acids is 2. The molecule has 3 heterocycles. The van der Waals surface area contributed by atoms with Crippen LogP contribution in [0.1, 0.15) is 44.0 Å². The number of anilines is 1. The van der Waals surface area contributed by atoms with E-state index in [4.69, 9.17) is 0 Å². The van der Waals surface area contributed by atoms with Gasteiger partial charge in [-0.1, -0.05) is 18.2 Å². The normalized spacial score (nSPS) is 16.5. The van der Waals surface area contributed by atoms with Crippen molar-refractivity contribution in [2.75, 3.05) is 38.5 Å². The third-order valence-electron chi connectivity index (χ3n) is 7.08. The number of H-pyrrole nitrogens is 1. The Morgan fingerprint density at radius 3 is 2.65 bits per heavy atom. The van der Waals surface area contributed by atoms with Gasteiger partial charge in [-0.05, 0) is 62.4 Å². The molecule has 0 spiro atoms. The van der Waals surface area contributed by atoms with Crippen LogP contribution in [0.25, 0.3) is 11.6 Å². The van der Waals surface area contributed by atoms with E-state index in [9.17, 15) is 14.9 Å². The average molecular weight is 512 g/mol. The molecule has 1 aromatic heterocycles. The maximum Gasteiger partial charge on any atom is 0.256 e. The molecule has 188 valence electrons. The molecule has 7 nitrogen and oxygen atoms in total. The zero-order chi connectivity index (χ0) is 26.1. The highest BCUT2D eigenvalue weighted by atomic mass is 32.2. The summed E-state index contributed by atoms with van der Waals surface area (Å²) in [4.78, 5) is 34.7. The molecule has 37 heavy (non-hydrogen) atoms. The van der Waals surface area contributed by atoms with Crippen LogP contribution in [0.3, 0.4) is 0 Å². The molecule has 1 saturated heterocycles. The molecule has 2 aliphatic heterocycles. The minimum absolute atomic E-state index is 0.0385. The van der Waals surface area contributed by atoms with E-state index in [1.807, 2.05) is 67.3 Å². The van der Waals surface area contributed by atoms with E-state index in [2.05, 4.69) is 28.3 Å². The second-order valence-corrected chi connectivity index (χ2v) is 10.6. The van der Waals surface area contributed by atoms with E-state index in [-0.39, 0.29) is 11.8 Å². The van der Waals surface area contributed by atoms with Gasteiger partial charge in [-0.2, -0.15) is 5.26 Å². The number of thioether (sulfide) groups is 1. The van der Waals surface area contributed by atoms with Crippen LogP contribution in [0.5, 0.6) is 0 Å². The summed E-state index contributed by atoms with van der Waals surface area (Å²) in [5.74, 6) is 0.539. The molecule has 5 rings (SSSR count). The summed E-state index contributed by atoms with van der Waals surface area (Å²) in [7, 11) is 2.07. The molecule has 2 amide bonds. The molecule has 3 aromatic rings. The monoisotopic (exact) mass is 511 g/mol. The summed E-state index contributed by atoms with van der Waals surface area (Å²) >= 11 is 1.63. The first kappa shape index (κ1) is 24.9. The number of hydrogen-bond donors (Lipinski definition) is 2. The van der Waals surface area contributed by atoms with Gasteiger partial charge >= 0.3 is 0 Å². The van der Waals surface area contributed by atoms with Crippen LogP contribution in [-0.2, 0) is 10.5 Å². The summed E-state index contributed by atoms with van der Waals surface area (Å²) in [5, 5.41) is 12.3. The van der Waals surface area contributed by atoms with Crippen LogP contribution in [0, 0.1) is 25.2 Å². The Kier molecular flexibility index (Phi) is 6.92. The Labute approximate surface area is 221 Å². The van der Waals surface area contributed by atoms with Crippen molar-refractivity contribution in [3.8, 4) is 6.07 Å². The number of carbonyl (C=O) groups is 2. The van der Waals surface area contributed by atoms with Crippen LogP contribution in [0.4, 0.5) is 5.69 Å². The molecule has 0 atom stereocenters. The van der Waals surface area contributed by atoms with Gasteiger partial charge in [-0.3, -0.25) is 9.59 Å². The number of fused-ring (bicyclic) bond motifs is 1. The molecular weight excluding hydrogens is 482 g/mol. The highest BCUT2D eigenvalue weighted by Gasteiger charge is 2.28. The van der Waals surface area contributed by atoms with Gasteiger partial charge in [0.1, 0.15) is 0 Å². The maximum atomic E-state index is 13.3. The van der Waals surface area contributed by atoms with Crippen molar-refractivity contribution in [3.05, 3.63) is 81.7 Å². The van der Waals surface area contributed by atoms with Crippen molar-refractivity contribution in [2.45, 2.75) is 24.5 Å². The van der Waals surface area contributed by atoms with Crippen molar-refractivity contribution >= 4 is 40.9 Å². The van der Waals surface area contributed by atoms with Crippen LogP contribution in [0.2, 0.25) is 0 Å². The van der Waals surface area contributed by atoms with Gasteiger partial charge in [0.2, 0.25) is 0 Å². The number of nitrogens with zero attached hydrogens (tertiary/aromatic N) is 3. The van der Waals surface area contributed by atoms with Crippen LogP contribution >= 0.6 is 11.8 Å². The Bertz CT molecular complexity index is 1460. The zero-order valence-electron chi connectivity index (χ0n) is 21.2. The maximum absolute atomic E-state index is 13.3. The van der Waals surface area contributed by atoms with Gasteiger partial charge < -0.3 is 20.1 Å². The van der Waals surface area contributed by atoms with Gasteiger partial charge in [0.25, 0.3) is 11.8 Å². The first-order valence-corrected chi connectivity index (χ1v) is 13.3. The first-order valence-electron chi connectivity index (χ1n) is 12.3. The Balaban J connectivity index is 1.41. The van der Waals surface area contributed by atoms with E-state index in [0.29, 0.717) is 35.5 Å². The number of rotatable bonds is 5. The lowest BCUT2D eigenvalue weighted by Crippen LogP contribution is -2.47. The molecule has 2 aliphatic rings. The summed E-state index contributed by atoms with van der Waals surface area (Å²) in [6.07, 6.45) is 1.85. The summed E-state index contributed by atoms with van der Waals surface area (Å²) in [5.41, 5.74) is 6.96. The fourth-order valence-corrected chi connectivity index (χ4v) is 5.81. The molecule has 8 heteroatoms. The van der Waals surface area contributed by atoms with E-state index >= 15 is 0 Å². The highest BCUT2D eigenvalue weighted by molar-refractivity contribution is 7.98. The number of likely N-dealkylation sites (N-methyl/N-ethyl adjacent to an activating group) is 1. The molecular formula is C29H29N5O2S. The molecule has 0 unspecified atom stereocenters. The third kappa shape index (κ3) is 4.93. The molecule has 0 aliphatic carbocycles. The lowest BCUT2D eigenvalue weighted by Gasteiger charge is -2.32. The predicted octanol–water partition coefficient (Wildman–Crippen LogP) is 4.68. The summed E-state index contributed by atoms with van der Waals surface area (Å²) in [6, 6.07) is 15.8. The van der Waals surface area contributed by atoms with Crippen molar-refractivity contribution in [2.24, 2.45) is 0 Å². The highest BCUT2D eigenvalue weighted by Crippen LogP contribution is 2.37. The second-order valence-electron chi connectivity index (χ2n) is 9.54. The van der Waals surface area contributed by atoms with Crippen LogP contribution < -0.4 is 5.32 Å². The van der Waals surface area contributed by atoms with Gasteiger partial charge in [0.05, 0.1) is 22.8 Å². The Hall–Kier alpha value is -3.80. The van der Waals surface area contributed by atoms with Gasteiger partial charge in [0, 0.05) is 59.5 Å². The van der Waals surface area contributed by atoms with Gasteiger partial charge in [0.15, 0.2) is 0 Å². The van der Waals surface area contributed by atoms with Crippen LogP contribution in [-0.4, -0.2) is 59.8 Å². The predicted molar refractivity (Wildman–Crippen MR) is 147 cm³/mol. The van der Waals surface area contributed by atoms with Crippen molar-refractivity contribution in [1.82, 2.24) is 14.8 Å². The number of nitriles is 1. The number of aryl methyl sites for hydroxylation is 1. The molecule has 0 bridgehead atoms. The molecule has 0 saturated carbocycles. The van der Waals surface area contributed by atoms with Crippen LogP contribution in [0.15, 0.2) is 47.4 Å². The number of aromatic nitrogens is 1.